The van der Waals surface area contributed by atoms with Crippen LogP contribution in [0.5, 0.6) is 0 Å². The van der Waals surface area contributed by atoms with Crippen molar-refractivity contribution in [3.63, 3.8) is 0 Å². The number of carbonyl (C=O) groups is 3. The van der Waals surface area contributed by atoms with Crippen LogP contribution in [0.15, 0.2) is 18.5 Å². The highest BCUT2D eigenvalue weighted by molar-refractivity contribution is 6.03. The molecule has 2 aromatic rings. The summed E-state index contributed by atoms with van der Waals surface area (Å²) >= 11 is 0. The molecule has 2 aromatic heterocycles. The minimum atomic E-state index is -1.17. The van der Waals surface area contributed by atoms with E-state index in [2.05, 4.69) is 15.5 Å². The zero-order valence-corrected chi connectivity index (χ0v) is 15.7. The number of hydrogen-bond acceptors (Lipinski definition) is 6. The fourth-order valence-electron chi connectivity index (χ4n) is 2.88. The smallest absolute Gasteiger partial charge is 0.356 e. The molecule has 0 spiro atoms. The number of morpholine rings is 1. The zero-order valence-electron chi connectivity index (χ0n) is 15.7. The first-order valence-electron chi connectivity index (χ1n) is 8.94. The summed E-state index contributed by atoms with van der Waals surface area (Å²) in [5.74, 6) is -1.83. The normalized spacial score (nSPS) is 15.3. The van der Waals surface area contributed by atoms with Gasteiger partial charge in [-0.15, -0.1) is 0 Å². The molecule has 1 fully saturated rings. The number of anilines is 1. The van der Waals surface area contributed by atoms with Gasteiger partial charge in [-0.25, -0.2) is 4.79 Å². The average Bonchev–Trinajstić information content (AvgIpc) is 3.34. The first-order valence-corrected chi connectivity index (χ1v) is 8.94. The number of rotatable bonds is 6. The van der Waals surface area contributed by atoms with E-state index in [0.29, 0.717) is 44.2 Å². The number of aromatic carboxylic acids is 1. The van der Waals surface area contributed by atoms with Crippen molar-refractivity contribution < 1.29 is 24.2 Å². The number of aryl methyl sites for hydroxylation is 1. The third-order valence-electron chi connectivity index (χ3n) is 4.50. The molecule has 3 heterocycles. The van der Waals surface area contributed by atoms with Crippen LogP contribution in [0.25, 0.3) is 0 Å². The molecule has 1 atom stereocenters. The van der Waals surface area contributed by atoms with E-state index in [1.54, 1.807) is 11.8 Å². The Kier molecular flexibility index (Phi) is 5.73. The van der Waals surface area contributed by atoms with Crippen LogP contribution in [-0.4, -0.2) is 73.7 Å². The highest BCUT2D eigenvalue weighted by Gasteiger charge is 2.27. The van der Waals surface area contributed by atoms with Gasteiger partial charge in [0.15, 0.2) is 5.69 Å². The van der Waals surface area contributed by atoms with Crippen molar-refractivity contribution in [1.29, 1.82) is 0 Å². The van der Waals surface area contributed by atoms with Crippen molar-refractivity contribution in [2.75, 3.05) is 31.6 Å². The molecule has 150 valence electrons. The van der Waals surface area contributed by atoms with Gasteiger partial charge in [0.1, 0.15) is 11.7 Å². The number of nitrogens with one attached hydrogen (secondary N) is 1. The molecule has 0 aliphatic carbocycles. The van der Waals surface area contributed by atoms with Gasteiger partial charge in [-0.1, -0.05) is 0 Å². The fourth-order valence-corrected chi connectivity index (χ4v) is 2.88. The molecule has 0 saturated carbocycles. The number of nitrogens with zero attached hydrogens (tertiary/aromatic N) is 5. The van der Waals surface area contributed by atoms with E-state index in [0.717, 1.165) is 0 Å². The number of hydrogen-bond donors (Lipinski definition) is 2. The molecule has 2 N–H and O–H groups in total. The van der Waals surface area contributed by atoms with E-state index in [1.165, 1.54) is 27.8 Å². The zero-order chi connectivity index (χ0) is 20.3. The second-order valence-electron chi connectivity index (χ2n) is 6.28. The minimum absolute atomic E-state index is 0.151. The molecule has 0 aromatic carbocycles. The summed E-state index contributed by atoms with van der Waals surface area (Å²) in [5, 5.41) is 19.7. The van der Waals surface area contributed by atoms with E-state index in [4.69, 9.17) is 9.84 Å². The maximum absolute atomic E-state index is 12.9. The summed E-state index contributed by atoms with van der Waals surface area (Å²) in [6, 6.07) is 0.540. The fraction of sp³-hybridized carbons (Fsp3) is 0.471. The summed E-state index contributed by atoms with van der Waals surface area (Å²) in [6.45, 7) is 5.80. The summed E-state index contributed by atoms with van der Waals surface area (Å²) < 4.78 is 8.07. The maximum Gasteiger partial charge on any atom is 0.356 e. The lowest BCUT2D eigenvalue weighted by molar-refractivity contribution is -0.119. The van der Waals surface area contributed by atoms with E-state index in [-0.39, 0.29) is 11.6 Å². The third-order valence-corrected chi connectivity index (χ3v) is 4.50. The van der Waals surface area contributed by atoms with Crippen molar-refractivity contribution in [2.45, 2.75) is 26.4 Å². The minimum Gasteiger partial charge on any atom is -0.476 e. The molecule has 11 nitrogen and oxygen atoms in total. The Morgan fingerprint density at radius 1 is 1.32 bits per heavy atom. The Morgan fingerprint density at radius 3 is 2.64 bits per heavy atom. The van der Waals surface area contributed by atoms with Gasteiger partial charge in [0.25, 0.3) is 5.91 Å². The van der Waals surface area contributed by atoms with Crippen LogP contribution < -0.4 is 5.32 Å². The molecule has 1 unspecified atom stereocenters. The van der Waals surface area contributed by atoms with Crippen LogP contribution in [0.3, 0.4) is 0 Å². The molecular formula is C17H22N6O5. The summed E-state index contributed by atoms with van der Waals surface area (Å²) in [6.07, 6.45) is 2.86. The maximum atomic E-state index is 12.9. The van der Waals surface area contributed by atoms with Gasteiger partial charge in [-0.05, 0) is 19.9 Å². The molecule has 1 aliphatic heterocycles. The SMILES string of the molecule is CCn1ncc(NC(=O)C(C)n2ccc(C(=O)O)n2)c1C(=O)N1CCOCC1. The Hall–Kier alpha value is -3.21. The Balaban J connectivity index is 1.79. The number of amides is 2. The lowest BCUT2D eigenvalue weighted by Gasteiger charge is -2.27. The molecule has 0 bridgehead atoms. The van der Waals surface area contributed by atoms with Crippen LogP contribution in [0.2, 0.25) is 0 Å². The largest absolute Gasteiger partial charge is 0.476 e. The molecule has 1 saturated heterocycles. The van der Waals surface area contributed by atoms with Crippen LogP contribution in [0, 0.1) is 0 Å². The predicted octanol–water partition coefficient (Wildman–Crippen LogP) is 0.470. The number of carboxylic acid groups (broad SMARTS) is 1. The van der Waals surface area contributed by atoms with Gasteiger partial charge in [0.05, 0.1) is 25.1 Å². The molecule has 28 heavy (non-hydrogen) atoms. The van der Waals surface area contributed by atoms with Gasteiger partial charge in [0.2, 0.25) is 5.91 Å². The van der Waals surface area contributed by atoms with Gasteiger partial charge < -0.3 is 20.1 Å². The van der Waals surface area contributed by atoms with Crippen molar-refractivity contribution in [3.05, 3.63) is 29.8 Å². The van der Waals surface area contributed by atoms with Gasteiger partial charge >= 0.3 is 5.97 Å². The lowest BCUT2D eigenvalue weighted by atomic mass is 10.2. The van der Waals surface area contributed by atoms with Gasteiger partial charge in [0, 0.05) is 25.8 Å². The predicted molar refractivity (Wildman–Crippen MR) is 97.2 cm³/mol. The van der Waals surface area contributed by atoms with Crippen molar-refractivity contribution in [2.24, 2.45) is 0 Å². The van der Waals surface area contributed by atoms with Crippen molar-refractivity contribution in [3.8, 4) is 0 Å². The van der Waals surface area contributed by atoms with Crippen molar-refractivity contribution in [1.82, 2.24) is 24.5 Å². The highest BCUT2D eigenvalue weighted by atomic mass is 16.5. The lowest BCUT2D eigenvalue weighted by Crippen LogP contribution is -2.42. The molecule has 0 radical (unpaired) electrons. The number of ether oxygens (including phenoxy) is 1. The topological polar surface area (TPSA) is 132 Å². The summed E-state index contributed by atoms with van der Waals surface area (Å²) in [4.78, 5) is 38.2. The van der Waals surface area contributed by atoms with E-state index < -0.39 is 17.9 Å². The van der Waals surface area contributed by atoms with Crippen LogP contribution in [0.1, 0.15) is 40.9 Å². The van der Waals surface area contributed by atoms with E-state index >= 15 is 0 Å². The quantitative estimate of drug-likeness (QED) is 0.733. The first-order chi connectivity index (χ1) is 13.4. The second kappa shape index (κ2) is 8.21. The van der Waals surface area contributed by atoms with Gasteiger partial charge in [-0.3, -0.25) is 19.0 Å². The van der Waals surface area contributed by atoms with E-state index in [9.17, 15) is 14.4 Å². The number of aromatic nitrogens is 4. The standard InChI is InChI=1S/C17H22N6O5/c1-3-22-14(16(25)21-6-8-28-9-7-21)13(10-18-22)19-15(24)11(2)23-5-4-12(20-23)17(26)27/h4-5,10-11H,3,6-9H2,1-2H3,(H,19,24)(H,26,27). The summed E-state index contributed by atoms with van der Waals surface area (Å²) in [5.41, 5.74) is 0.457. The van der Waals surface area contributed by atoms with Crippen LogP contribution in [0.4, 0.5) is 5.69 Å². The second-order valence-corrected chi connectivity index (χ2v) is 6.28. The van der Waals surface area contributed by atoms with Crippen LogP contribution in [-0.2, 0) is 16.1 Å². The number of carbonyl (C=O) groups excluding carboxylic acids is 2. The third kappa shape index (κ3) is 3.88. The molecule has 11 heteroatoms. The number of carboxylic acids is 1. The van der Waals surface area contributed by atoms with Gasteiger partial charge in [-0.2, -0.15) is 10.2 Å². The Bertz CT molecular complexity index is 882. The monoisotopic (exact) mass is 390 g/mol. The molecule has 1 aliphatic rings. The van der Waals surface area contributed by atoms with Crippen molar-refractivity contribution >= 4 is 23.5 Å². The highest BCUT2D eigenvalue weighted by Crippen LogP contribution is 2.20. The molecule has 3 rings (SSSR count). The van der Waals surface area contributed by atoms with E-state index in [1.807, 2.05) is 6.92 Å². The Labute approximate surface area is 160 Å². The summed E-state index contributed by atoms with van der Waals surface area (Å²) in [7, 11) is 0. The Morgan fingerprint density at radius 2 is 2.04 bits per heavy atom. The average molecular weight is 390 g/mol. The first kappa shape index (κ1) is 19.5. The van der Waals surface area contributed by atoms with Crippen LogP contribution >= 0.6 is 0 Å². The molecule has 2 amide bonds. The molecular weight excluding hydrogens is 368 g/mol.